The number of nitrogens with zero attached hydrogens (tertiary/aromatic N) is 3. The SMILES string of the molecule is N#CCOc1c(C=C2C(=O)NN(c3ccccc3)C2=O)cccc1[N+](=O)[O-]. The summed E-state index contributed by atoms with van der Waals surface area (Å²) in [4.78, 5) is 35.4. The van der Waals surface area contributed by atoms with Crippen LogP contribution in [0.25, 0.3) is 6.08 Å². The number of nitriles is 1. The highest BCUT2D eigenvalue weighted by Crippen LogP contribution is 2.33. The lowest BCUT2D eigenvalue weighted by atomic mass is 10.1. The van der Waals surface area contributed by atoms with Gasteiger partial charge in [0.1, 0.15) is 11.6 Å². The van der Waals surface area contributed by atoms with E-state index in [1.165, 1.54) is 24.3 Å². The van der Waals surface area contributed by atoms with Gasteiger partial charge in [-0.1, -0.05) is 30.3 Å². The Morgan fingerprint density at radius 2 is 1.93 bits per heavy atom. The van der Waals surface area contributed by atoms with Gasteiger partial charge in [0, 0.05) is 11.6 Å². The molecule has 0 atom stereocenters. The Balaban J connectivity index is 2.02. The first-order valence-corrected chi connectivity index (χ1v) is 7.72. The molecule has 9 heteroatoms. The minimum absolute atomic E-state index is 0.146. The molecule has 1 saturated heterocycles. The summed E-state index contributed by atoms with van der Waals surface area (Å²) in [5, 5.41) is 21.0. The van der Waals surface area contributed by atoms with Gasteiger partial charge in [-0.05, 0) is 18.2 Å². The van der Waals surface area contributed by atoms with Crippen LogP contribution in [0, 0.1) is 21.4 Å². The molecule has 0 saturated carbocycles. The molecule has 1 heterocycles. The molecule has 1 aliphatic rings. The summed E-state index contributed by atoms with van der Waals surface area (Å²) in [6.45, 7) is -0.419. The molecule has 0 unspecified atom stereocenters. The van der Waals surface area contributed by atoms with E-state index in [4.69, 9.17) is 10.00 Å². The number of para-hydroxylation sites is 2. The quantitative estimate of drug-likeness (QED) is 0.374. The summed E-state index contributed by atoms with van der Waals surface area (Å²) in [6, 6.07) is 14.3. The van der Waals surface area contributed by atoms with Crippen LogP contribution in [0.4, 0.5) is 11.4 Å². The normalized spacial score (nSPS) is 14.8. The lowest BCUT2D eigenvalue weighted by molar-refractivity contribution is -0.385. The van der Waals surface area contributed by atoms with Crippen molar-refractivity contribution in [2.75, 3.05) is 11.6 Å². The zero-order valence-corrected chi connectivity index (χ0v) is 13.8. The molecule has 1 aliphatic heterocycles. The van der Waals surface area contributed by atoms with Gasteiger partial charge in [-0.15, -0.1) is 0 Å². The fourth-order valence-electron chi connectivity index (χ4n) is 2.53. The zero-order chi connectivity index (χ0) is 19.4. The van der Waals surface area contributed by atoms with Crippen LogP contribution in [0.2, 0.25) is 0 Å². The van der Waals surface area contributed by atoms with Crippen molar-refractivity contribution in [3.63, 3.8) is 0 Å². The first-order valence-electron chi connectivity index (χ1n) is 7.72. The second-order valence-electron chi connectivity index (χ2n) is 5.37. The van der Waals surface area contributed by atoms with Gasteiger partial charge < -0.3 is 4.74 Å². The highest BCUT2D eigenvalue weighted by molar-refractivity contribution is 6.31. The third-order valence-corrected chi connectivity index (χ3v) is 3.71. The Labute approximate surface area is 153 Å². The zero-order valence-electron chi connectivity index (χ0n) is 13.8. The molecular formula is C18H12N4O5. The van der Waals surface area contributed by atoms with Crippen molar-refractivity contribution >= 4 is 29.3 Å². The molecule has 0 radical (unpaired) electrons. The van der Waals surface area contributed by atoms with Crippen LogP contribution in [0.5, 0.6) is 5.75 Å². The van der Waals surface area contributed by atoms with Gasteiger partial charge in [0.2, 0.25) is 5.75 Å². The van der Waals surface area contributed by atoms with Crippen molar-refractivity contribution in [1.82, 2.24) is 5.43 Å². The molecule has 3 rings (SSSR count). The molecule has 0 bridgehead atoms. The van der Waals surface area contributed by atoms with E-state index >= 15 is 0 Å². The Morgan fingerprint density at radius 1 is 1.19 bits per heavy atom. The van der Waals surface area contributed by atoms with Crippen molar-refractivity contribution in [1.29, 1.82) is 5.26 Å². The summed E-state index contributed by atoms with van der Waals surface area (Å²) >= 11 is 0. The van der Waals surface area contributed by atoms with Crippen molar-refractivity contribution in [2.45, 2.75) is 0 Å². The Morgan fingerprint density at radius 3 is 2.59 bits per heavy atom. The summed E-state index contributed by atoms with van der Waals surface area (Å²) in [7, 11) is 0. The summed E-state index contributed by atoms with van der Waals surface area (Å²) in [6.07, 6.45) is 1.21. The van der Waals surface area contributed by atoms with Crippen molar-refractivity contribution in [3.8, 4) is 11.8 Å². The first kappa shape index (κ1) is 17.6. The third kappa shape index (κ3) is 3.45. The molecule has 9 nitrogen and oxygen atoms in total. The number of ether oxygens (including phenoxy) is 1. The second-order valence-corrected chi connectivity index (χ2v) is 5.37. The molecule has 2 amide bonds. The number of benzene rings is 2. The van der Waals surface area contributed by atoms with E-state index in [-0.39, 0.29) is 22.6 Å². The highest BCUT2D eigenvalue weighted by atomic mass is 16.6. The minimum Gasteiger partial charge on any atom is -0.471 e. The fraction of sp³-hybridized carbons (Fsp3) is 0.0556. The summed E-state index contributed by atoms with van der Waals surface area (Å²) < 4.78 is 5.17. The number of anilines is 1. The number of carbonyl (C=O) groups is 2. The molecule has 0 aromatic heterocycles. The number of rotatable bonds is 5. The second kappa shape index (κ2) is 7.37. The van der Waals surface area contributed by atoms with Gasteiger partial charge in [0.15, 0.2) is 6.61 Å². The van der Waals surface area contributed by atoms with Crippen molar-refractivity contribution in [2.24, 2.45) is 0 Å². The molecule has 2 aromatic rings. The van der Waals surface area contributed by atoms with Gasteiger partial charge >= 0.3 is 5.69 Å². The summed E-state index contributed by atoms with van der Waals surface area (Å²) in [5.41, 5.74) is 2.48. The van der Waals surface area contributed by atoms with E-state index in [9.17, 15) is 19.7 Å². The summed E-state index contributed by atoms with van der Waals surface area (Å²) in [5.74, 6) is -1.44. The van der Waals surface area contributed by atoms with Crippen molar-refractivity contribution in [3.05, 3.63) is 69.8 Å². The average Bonchev–Trinajstić information content (AvgIpc) is 2.95. The molecule has 27 heavy (non-hydrogen) atoms. The predicted molar refractivity (Wildman–Crippen MR) is 94.3 cm³/mol. The minimum atomic E-state index is -0.665. The van der Waals surface area contributed by atoms with Crippen molar-refractivity contribution < 1.29 is 19.2 Å². The molecule has 1 N–H and O–H groups in total. The third-order valence-electron chi connectivity index (χ3n) is 3.71. The molecule has 0 aliphatic carbocycles. The molecule has 2 aromatic carbocycles. The number of amides is 2. The molecule has 134 valence electrons. The lowest BCUT2D eigenvalue weighted by Gasteiger charge is -2.13. The smallest absolute Gasteiger partial charge is 0.311 e. The van der Waals surface area contributed by atoms with E-state index in [2.05, 4.69) is 5.43 Å². The first-order chi connectivity index (χ1) is 13.0. The van der Waals surface area contributed by atoms with Crippen LogP contribution in [0.15, 0.2) is 54.1 Å². The van der Waals surface area contributed by atoms with E-state index in [1.807, 2.05) is 0 Å². The number of nitro benzene ring substituents is 1. The molecular weight excluding hydrogens is 352 g/mol. The molecule has 0 spiro atoms. The van der Waals surface area contributed by atoms with E-state index in [0.717, 1.165) is 5.01 Å². The van der Waals surface area contributed by atoms with Crippen LogP contribution < -0.4 is 15.2 Å². The lowest BCUT2D eigenvalue weighted by Crippen LogP contribution is -2.35. The van der Waals surface area contributed by atoms with Crippen LogP contribution in [0.1, 0.15) is 5.56 Å². The average molecular weight is 364 g/mol. The van der Waals surface area contributed by atoms with Crippen LogP contribution in [-0.4, -0.2) is 23.3 Å². The maximum absolute atomic E-state index is 12.6. The van der Waals surface area contributed by atoms with Crippen LogP contribution in [-0.2, 0) is 9.59 Å². The number of nitrogens with one attached hydrogen (secondary N) is 1. The largest absolute Gasteiger partial charge is 0.471 e. The Hall–Kier alpha value is -4.19. The van der Waals surface area contributed by atoms with E-state index < -0.39 is 23.3 Å². The van der Waals surface area contributed by atoms with Gasteiger partial charge in [-0.2, -0.15) is 5.26 Å². The number of nitro groups is 1. The maximum atomic E-state index is 12.6. The van der Waals surface area contributed by atoms with Gasteiger partial charge in [-0.25, -0.2) is 5.01 Å². The van der Waals surface area contributed by atoms with Crippen LogP contribution >= 0.6 is 0 Å². The monoisotopic (exact) mass is 364 g/mol. The Kier molecular flexibility index (Phi) is 4.81. The number of hydrogen-bond acceptors (Lipinski definition) is 6. The number of hydrazine groups is 1. The van der Waals surface area contributed by atoms with E-state index in [1.54, 1.807) is 36.4 Å². The topological polar surface area (TPSA) is 126 Å². The fourth-order valence-corrected chi connectivity index (χ4v) is 2.53. The van der Waals surface area contributed by atoms with Crippen LogP contribution in [0.3, 0.4) is 0 Å². The number of carbonyl (C=O) groups excluding carboxylic acids is 2. The van der Waals surface area contributed by atoms with Gasteiger partial charge in [-0.3, -0.25) is 25.1 Å². The maximum Gasteiger partial charge on any atom is 0.311 e. The standard InChI is InChI=1S/C18H12N4O5/c19-9-10-27-16-12(5-4-8-15(16)22(25)26)11-14-17(23)20-21(18(14)24)13-6-2-1-3-7-13/h1-8,11H,10H2,(H,20,23). The highest BCUT2D eigenvalue weighted by Gasteiger charge is 2.35. The van der Waals surface area contributed by atoms with E-state index in [0.29, 0.717) is 5.69 Å². The molecule has 1 fully saturated rings. The Bertz CT molecular complexity index is 995. The van der Waals surface area contributed by atoms with Gasteiger partial charge in [0.25, 0.3) is 11.8 Å². The van der Waals surface area contributed by atoms with Gasteiger partial charge in [0.05, 0.1) is 10.6 Å². The number of hydrogen-bond donors (Lipinski definition) is 1. The predicted octanol–water partition coefficient (Wildman–Crippen LogP) is 1.96.